The monoisotopic (exact) mass is 317 g/mol. The van der Waals surface area contributed by atoms with E-state index in [-0.39, 0.29) is 5.82 Å². The number of hydrogen-bond acceptors (Lipinski definition) is 7. The predicted molar refractivity (Wildman–Crippen MR) is 84.4 cm³/mol. The Hall–Kier alpha value is -2.48. The lowest BCUT2D eigenvalue weighted by Crippen LogP contribution is -2.46. The van der Waals surface area contributed by atoms with Crippen molar-refractivity contribution in [3.63, 3.8) is 0 Å². The Kier molecular flexibility index (Phi) is 4.24. The third-order valence-corrected chi connectivity index (χ3v) is 4.22. The van der Waals surface area contributed by atoms with Crippen LogP contribution in [0.2, 0.25) is 0 Å². The molecule has 1 aliphatic rings. The minimum Gasteiger partial charge on any atom is -0.366 e. The van der Waals surface area contributed by atoms with Gasteiger partial charge in [-0.15, -0.1) is 0 Å². The molecule has 0 atom stereocenters. The van der Waals surface area contributed by atoms with Crippen molar-refractivity contribution in [2.24, 2.45) is 0 Å². The van der Waals surface area contributed by atoms with Gasteiger partial charge in [0.25, 0.3) is 0 Å². The van der Waals surface area contributed by atoms with Crippen LogP contribution < -0.4 is 4.90 Å². The van der Waals surface area contributed by atoms with Crippen molar-refractivity contribution in [1.82, 2.24) is 15.0 Å². The average Bonchev–Trinajstić information content (AvgIpc) is 2.87. The molecule has 0 N–H and O–H groups in total. The van der Waals surface area contributed by atoms with Crippen LogP contribution in [0.3, 0.4) is 0 Å². The number of anilines is 1. The minimum atomic E-state index is -0.481. The van der Waals surface area contributed by atoms with Gasteiger partial charge in [-0.25, -0.2) is 0 Å². The second-order valence-corrected chi connectivity index (χ2v) is 5.70. The summed E-state index contributed by atoms with van der Waals surface area (Å²) in [7, 11) is 0. The van der Waals surface area contributed by atoms with Gasteiger partial charge in [0, 0.05) is 44.4 Å². The lowest BCUT2D eigenvalue weighted by Gasteiger charge is -2.35. The summed E-state index contributed by atoms with van der Waals surface area (Å²) < 4.78 is 5.21. The van der Waals surface area contributed by atoms with E-state index in [1.165, 1.54) is 6.07 Å². The van der Waals surface area contributed by atoms with E-state index in [0.717, 1.165) is 55.4 Å². The maximum atomic E-state index is 10.6. The number of hydrogen-bond donors (Lipinski definition) is 0. The van der Waals surface area contributed by atoms with Gasteiger partial charge in [0.1, 0.15) is 5.76 Å². The first kappa shape index (κ1) is 15.4. The Morgan fingerprint density at radius 1 is 1.26 bits per heavy atom. The van der Waals surface area contributed by atoms with Gasteiger partial charge in [-0.05, 0) is 29.8 Å². The molecule has 1 aliphatic heterocycles. The Bertz CT molecular complexity index is 670. The van der Waals surface area contributed by atoms with Gasteiger partial charge in [0.2, 0.25) is 0 Å². The highest BCUT2D eigenvalue weighted by Gasteiger charge is 2.21. The Labute approximate surface area is 133 Å². The molecule has 8 heteroatoms. The van der Waals surface area contributed by atoms with Crippen LogP contribution in [0.15, 0.2) is 22.9 Å². The van der Waals surface area contributed by atoms with E-state index in [4.69, 9.17) is 4.52 Å². The van der Waals surface area contributed by atoms with Crippen molar-refractivity contribution in [3.05, 3.63) is 45.5 Å². The molecule has 8 nitrogen and oxygen atoms in total. The molecule has 0 unspecified atom stereocenters. The zero-order valence-electron chi connectivity index (χ0n) is 13.2. The fourth-order valence-corrected chi connectivity index (χ4v) is 2.79. The molecule has 0 radical (unpaired) electrons. The third-order valence-electron chi connectivity index (χ3n) is 4.22. The average molecular weight is 317 g/mol. The molecule has 23 heavy (non-hydrogen) atoms. The van der Waals surface area contributed by atoms with Crippen LogP contribution in [0.5, 0.6) is 0 Å². The van der Waals surface area contributed by atoms with Gasteiger partial charge in [-0.1, -0.05) is 5.16 Å². The van der Waals surface area contributed by atoms with Crippen LogP contribution in [0, 0.1) is 24.0 Å². The van der Waals surface area contributed by atoms with E-state index in [1.54, 1.807) is 12.3 Å². The van der Waals surface area contributed by atoms with Gasteiger partial charge < -0.3 is 19.5 Å². The molecule has 2 aromatic rings. The second kappa shape index (κ2) is 6.33. The van der Waals surface area contributed by atoms with Crippen molar-refractivity contribution in [2.45, 2.75) is 20.4 Å². The summed E-state index contributed by atoms with van der Waals surface area (Å²) in [5.41, 5.74) is 3.03. The maximum Gasteiger partial charge on any atom is 0.363 e. The van der Waals surface area contributed by atoms with Crippen LogP contribution >= 0.6 is 0 Å². The van der Waals surface area contributed by atoms with E-state index in [2.05, 4.69) is 19.9 Å². The highest BCUT2D eigenvalue weighted by atomic mass is 16.6. The van der Waals surface area contributed by atoms with Crippen LogP contribution in [0.25, 0.3) is 0 Å². The van der Waals surface area contributed by atoms with Crippen LogP contribution in [-0.2, 0) is 6.54 Å². The zero-order chi connectivity index (χ0) is 16.4. The zero-order valence-corrected chi connectivity index (χ0v) is 13.2. The first-order chi connectivity index (χ1) is 11.0. The minimum absolute atomic E-state index is 0.120. The third kappa shape index (κ3) is 3.31. The first-order valence-electron chi connectivity index (χ1n) is 7.54. The summed E-state index contributed by atoms with van der Waals surface area (Å²) in [6.07, 6.45) is 1.57. The lowest BCUT2D eigenvalue weighted by molar-refractivity contribution is -0.389. The molecule has 0 aliphatic carbocycles. The summed E-state index contributed by atoms with van der Waals surface area (Å²) in [5.74, 6) is 0.760. The van der Waals surface area contributed by atoms with Crippen molar-refractivity contribution >= 4 is 11.5 Å². The fraction of sp³-hybridized carbons (Fsp3) is 0.467. The SMILES string of the molecule is Cc1noc(C)c1CN1CCN(c2ccc([N+](=O)[O-])nc2)CC1. The molecular formula is C15H19N5O3. The summed E-state index contributed by atoms with van der Waals surface area (Å²) >= 11 is 0. The number of pyridine rings is 1. The van der Waals surface area contributed by atoms with Crippen molar-refractivity contribution in [3.8, 4) is 0 Å². The molecule has 1 fully saturated rings. The summed E-state index contributed by atoms with van der Waals surface area (Å²) in [5, 5.41) is 14.6. The van der Waals surface area contributed by atoms with Crippen molar-refractivity contribution < 1.29 is 9.45 Å². The van der Waals surface area contributed by atoms with Crippen LogP contribution in [-0.4, -0.2) is 46.1 Å². The summed E-state index contributed by atoms with van der Waals surface area (Å²) in [4.78, 5) is 18.6. The van der Waals surface area contributed by atoms with Gasteiger partial charge in [0.05, 0.1) is 11.4 Å². The smallest absolute Gasteiger partial charge is 0.363 e. The summed E-state index contributed by atoms with van der Waals surface area (Å²) in [6.45, 7) is 8.31. The maximum absolute atomic E-state index is 10.6. The highest BCUT2D eigenvalue weighted by Crippen LogP contribution is 2.20. The van der Waals surface area contributed by atoms with E-state index in [1.807, 2.05) is 13.8 Å². The van der Waals surface area contributed by atoms with Crippen LogP contribution in [0.1, 0.15) is 17.0 Å². The number of rotatable bonds is 4. The molecule has 0 bridgehead atoms. The van der Waals surface area contributed by atoms with Gasteiger partial charge in [-0.3, -0.25) is 4.90 Å². The fourth-order valence-electron chi connectivity index (χ4n) is 2.79. The highest BCUT2D eigenvalue weighted by molar-refractivity contribution is 5.47. The van der Waals surface area contributed by atoms with Crippen LogP contribution in [0.4, 0.5) is 11.5 Å². The molecule has 0 spiro atoms. The van der Waals surface area contributed by atoms with E-state index in [0.29, 0.717) is 0 Å². The van der Waals surface area contributed by atoms with Gasteiger partial charge in [0.15, 0.2) is 6.20 Å². The lowest BCUT2D eigenvalue weighted by atomic mass is 10.1. The molecule has 0 amide bonds. The quantitative estimate of drug-likeness (QED) is 0.628. The normalized spacial score (nSPS) is 15.8. The molecule has 122 valence electrons. The standard InChI is InChI=1S/C15H19N5O3/c1-11-14(12(2)23-17-11)10-18-5-7-19(8-6-18)13-3-4-15(16-9-13)20(21)22/h3-4,9H,5-8,10H2,1-2H3. The van der Waals surface area contributed by atoms with E-state index < -0.39 is 4.92 Å². The Balaban J connectivity index is 1.59. The summed E-state index contributed by atoms with van der Waals surface area (Å²) in [6, 6.07) is 3.21. The second-order valence-electron chi connectivity index (χ2n) is 5.70. The first-order valence-corrected chi connectivity index (χ1v) is 7.54. The predicted octanol–water partition coefficient (Wildman–Crippen LogP) is 1.92. The molecule has 1 saturated heterocycles. The Morgan fingerprint density at radius 2 is 2.00 bits per heavy atom. The topological polar surface area (TPSA) is 88.5 Å². The number of nitro groups is 1. The van der Waals surface area contributed by atoms with E-state index >= 15 is 0 Å². The molecule has 2 aromatic heterocycles. The Morgan fingerprint density at radius 3 is 2.52 bits per heavy atom. The molecule has 3 rings (SSSR count). The van der Waals surface area contributed by atoms with E-state index in [9.17, 15) is 10.1 Å². The molecule has 3 heterocycles. The van der Waals surface area contributed by atoms with Gasteiger partial charge in [-0.2, -0.15) is 0 Å². The molecule has 0 aromatic carbocycles. The van der Waals surface area contributed by atoms with Crippen molar-refractivity contribution in [2.75, 3.05) is 31.1 Å². The van der Waals surface area contributed by atoms with Crippen molar-refractivity contribution in [1.29, 1.82) is 0 Å². The number of nitrogens with zero attached hydrogens (tertiary/aromatic N) is 5. The number of aromatic nitrogens is 2. The van der Waals surface area contributed by atoms with Gasteiger partial charge >= 0.3 is 5.82 Å². The number of piperazine rings is 1. The largest absolute Gasteiger partial charge is 0.366 e. The molecular weight excluding hydrogens is 298 g/mol. The molecule has 0 saturated carbocycles. The number of aryl methyl sites for hydroxylation is 2.